The number of carbonyl (C=O) groups is 1. The van der Waals surface area contributed by atoms with Crippen LogP contribution in [0.15, 0.2) is 60.8 Å². The van der Waals surface area contributed by atoms with Crippen molar-refractivity contribution in [2.24, 2.45) is 0 Å². The first-order valence-corrected chi connectivity index (χ1v) is 12.4. The first-order valence-electron chi connectivity index (χ1n) is 12.4. The van der Waals surface area contributed by atoms with Crippen LogP contribution < -0.4 is 14.4 Å². The van der Waals surface area contributed by atoms with Gasteiger partial charge in [-0.15, -0.1) is 0 Å². The van der Waals surface area contributed by atoms with Crippen LogP contribution in [-0.4, -0.2) is 61.2 Å². The van der Waals surface area contributed by atoms with E-state index in [0.717, 1.165) is 66.0 Å². The molecule has 4 aromatic rings. The minimum Gasteiger partial charge on any atom is -0.493 e. The van der Waals surface area contributed by atoms with Crippen LogP contribution in [0.25, 0.3) is 22.2 Å². The van der Waals surface area contributed by atoms with Gasteiger partial charge in [-0.1, -0.05) is 13.0 Å². The number of methoxy groups -OCH3 is 2. The molecule has 0 spiro atoms. The van der Waals surface area contributed by atoms with Gasteiger partial charge in [0.15, 0.2) is 11.5 Å². The van der Waals surface area contributed by atoms with Crippen LogP contribution >= 0.6 is 0 Å². The van der Waals surface area contributed by atoms with Crippen molar-refractivity contribution in [1.82, 2.24) is 14.9 Å². The number of nitrogens with one attached hydrogen (secondary N) is 1. The maximum absolute atomic E-state index is 13.5. The maximum Gasteiger partial charge on any atom is 0.253 e. The molecule has 1 aliphatic heterocycles. The highest BCUT2D eigenvalue weighted by Crippen LogP contribution is 2.36. The molecule has 0 bridgehead atoms. The van der Waals surface area contributed by atoms with Gasteiger partial charge < -0.3 is 24.3 Å². The zero-order valence-electron chi connectivity index (χ0n) is 21.1. The summed E-state index contributed by atoms with van der Waals surface area (Å²) in [7, 11) is 3.28. The van der Waals surface area contributed by atoms with Crippen LogP contribution in [0.2, 0.25) is 0 Å². The van der Waals surface area contributed by atoms with Crippen molar-refractivity contribution in [2.75, 3.05) is 45.3 Å². The summed E-state index contributed by atoms with van der Waals surface area (Å²) in [5.41, 5.74) is 4.99. The van der Waals surface area contributed by atoms with Crippen molar-refractivity contribution in [3.63, 3.8) is 0 Å². The fourth-order valence-electron chi connectivity index (χ4n) is 5.06. The fraction of sp³-hybridized carbons (Fsp3) is 0.310. The van der Waals surface area contributed by atoms with E-state index >= 15 is 0 Å². The van der Waals surface area contributed by atoms with Crippen LogP contribution in [-0.2, 0) is 6.42 Å². The van der Waals surface area contributed by atoms with E-state index < -0.39 is 0 Å². The zero-order chi connectivity index (χ0) is 25.1. The van der Waals surface area contributed by atoms with Gasteiger partial charge in [-0.3, -0.25) is 4.79 Å². The molecule has 2 aromatic carbocycles. The number of pyridine rings is 1. The third-order valence-corrected chi connectivity index (χ3v) is 6.94. The van der Waals surface area contributed by atoms with Gasteiger partial charge in [-0.2, -0.15) is 0 Å². The zero-order valence-corrected chi connectivity index (χ0v) is 21.1. The Bertz CT molecular complexity index is 1370. The van der Waals surface area contributed by atoms with Gasteiger partial charge in [0.05, 0.1) is 14.2 Å². The Morgan fingerprint density at radius 2 is 1.83 bits per heavy atom. The summed E-state index contributed by atoms with van der Waals surface area (Å²) >= 11 is 0. The number of aromatic amines is 1. The molecule has 36 heavy (non-hydrogen) atoms. The van der Waals surface area contributed by atoms with E-state index in [9.17, 15) is 4.79 Å². The molecule has 1 saturated heterocycles. The number of carbonyl (C=O) groups excluding carboxylic acids is 1. The number of ether oxygens (including phenoxy) is 2. The molecule has 1 amide bonds. The third-order valence-electron chi connectivity index (χ3n) is 6.94. The molecule has 2 aromatic heterocycles. The van der Waals surface area contributed by atoms with Gasteiger partial charge in [-0.05, 0) is 66.9 Å². The number of fused-ring (bicyclic) bond motifs is 1. The van der Waals surface area contributed by atoms with Gasteiger partial charge >= 0.3 is 0 Å². The maximum atomic E-state index is 13.5. The van der Waals surface area contributed by atoms with Crippen molar-refractivity contribution in [3.8, 4) is 22.8 Å². The Hall–Kier alpha value is -4.00. The van der Waals surface area contributed by atoms with Crippen LogP contribution in [0.4, 0.5) is 5.82 Å². The predicted molar refractivity (Wildman–Crippen MR) is 143 cm³/mol. The third kappa shape index (κ3) is 4.49. The molecule has 0 radical (unpaired) electrons. The molecule has 1 N–H and O–H groups in total. The normalized spacial score (nSPS) is 14.1. The largest absolute Gasteiger partial charge is 0.493 e. The molecular formula is C29H32N4O3. The number of anilines is 1. The number of aromatic nitrogens is 2. The number of rotatable bonds is 6. The Balaban J connectivity index is 1.42. The monoisotopic (exact) mass is 484 g/mol. The molecule has 0 atom stereocenters. The number of nitrogens with zero attached hydrogens (tertiary/aromatic N) is 3. The van der Waals surface area contributed by atoms with Gasteiger partial charge in [0.2, 0.25) is 0 Å². The van der Waals surface area contributed by atoms with Gasteiger partial charge in [0, 0.05) is 60.1 Å². The van der Waals surface area contributed by atoms with E-state index in [1.54, 1.807) is 14.2 Å². The molecule has 5 rings (SSSR count). The lowest BCUT2D eigenvalue weighted by molar-refractivity contribution is 0.0767. The van der Waals surface area contributed by atoms with Crippen LogP contribution in [0.5, 0.6) is 11.5 Å². The fourth-order valence-corrected chi connectivity index (χ4v) is 5.06. The number of hydrogen-bond donors (Lipinski definition) is 1. The second kappa shape index (κ2) is 10.3. The lowest BCUT2D eigenvalue weighted by atomic mass is 10.0. The molecule has 0 saturated carbocycles. The Kier molecular flexibility index (Phi) is 6.80. The van der Waals surface area contributed by atoms with Crippen LogP contribution in [0.3, 0.4) is 0 Å². The van der Waals surface area contributed by atoms with Gasteiger partial charge in [-0.25, -0.2) is 4.98 Å². The topological polar surface area (TPSA) is 70.7 Å². The summed E-state index contributed by atoms with van der Waals surface area (Å²) in [4.78, 5) is 25.8. The summed E-state index contributed by atoms with van der Waals surface area (Å²) < 4.78 is 10.9. The van der Waals surface area contributed by atoms with Crippen molar-refractivity contribution in [1.29, 1.82) is 0 Å². The Morgan fingerprint density at radius 1 is 0.972 bits per heavy atom. The molecule has 7 heteroatoms. The summed E-state index contributed by atoms with van der Waals surface area (Å²) in [5.74, 6) is 2.43. The highest BCUT2D eigenvalue weighted by atomic mass is 16.5. The van der Waals surface area contributed by atoms with E-state index in [1.165, 1.54) is 5.56 Å². The molecule has 3 heterocycles. The SMILES string of the molecule is CCc1c(-c2ccc(OC)c(OC)c2)[nH]c2ccc(C(=O)N3CCCN(c4ccccn4)CC3)cc12. The van der Waals surface area contributed by atoms with Gasteiger partial charge in [0.25, 0.3) is 5.91 Å². The van der Waals surface area contributed by atoms with E-state index in [1.807, 2.05) is 65.7 Å². The summed E-state index contributed by atoms with van der Waals surface area (Å²) in [5, 5.41) is 1.08. The number of hydrogen-bond acceptors (Lipinski definition) is 5. The van der Waals surface area contributed by atoms with Gasteiger partial charge in [0.1, 0.15) is 5.82 Å². The number of H-pyrrole nitrogens is 1. The first-order chi connectivity index (χ1) is 17.6. The summed E-state index contributed by atoms with van der Waals surface area (Å²) in [6.07, 6.45) is 3.57. The number of benzene rings is 2. The van der Waals surface area contributed by atoms with E-state index in [4.69, 9.17) is 9.47 Å². The summed E-state index contributed by atoms with van der Waals surface area (Å²) in [6, 6.07) is 17.9. The number of amides is 1. The minimum atomic E-state index is 0.0793. The molecule has 7 nitrogen and oxygen atoms in total. The summed E-state index contributed by atoms with van der Waals surface area (Å²) in [6.45, 7) is 5.23. The molecule has 1 aliphatic rings. The van der Waals surface area contributed by atoms with Crippen LogP contribution in [0.1, 0.15) is 29.3 Å². The first kappa shape index (κ1) is 23.7. The average Bonchev–Trinajstić information content (AvgIpc) is 3.12. The average molecular weight is 485 g/mol. The Morgan fingerprint density at radius 3 is 2.58 bits per heavy atom. The van der Waals surface area contributed by atoms with Crippen molar-refractivity contribution >= 4 is 22.6 Å². The molecule has 1 fully saturated rings. The smallest absolute Gasteiger partial charge is 0.253 e. The van der Waals surface area contributed by atoms with E-state index in [0.29, 0.717) is 18.0 Å². The second-order valence-corrected chi connectivity index (χ2v) is 8.98. The molecule has 0 aliphatic carbocycles. The second-order valence-electron chi connectivity index (χ2n) is 8.98. The molecule has 0 unspecified atom stereocenters. The van der Waals surface area contributed by atoms with Crippen molar-refractivity contribution < 1.29 is 14.3 Å². The number of aryl methyl sites for hydroxylation is 1. The molecule has 186 valence electrons. The predicted octanol–water partition coefficient (Wildman–Crippen LogP) is 5.16. The van der Waals surface area contributed by atoms with Crippen molar-refractivity contribution in [2.45, 2.75) is 19.8 Å². The van der Waals surface area contributed by atoms with E-state index in [-0.39, 0.29) is 5.91 Å². The van der Waals surface area contributed by atoms with Crippen molar-refractivity contribution in [3.05, 3.63) is 71.9 Å². The minimum absolute atomic E-state index is 0.0793. The quantitative estimate of drug-likeness (QED) is 0.409. The lowest BCUT2D eigenvalue weighted by Crippen LogP contribution is -2.35. The van der Waals surface area contributed by atoms with E-state index in [2.05, 4.69) is 21.8 Å². The highest BCUT2D eigenvalue weighted by Gasteiger charge is 2.22. The molecular weight excluding hydrogens is 452 g/mol. The van der Waals surface area contributed by atoms with Crippen LogP contribution in [0, 0.1) is 0 Å². The highest BCUT2D eigenvalue weighted by molar-refractivity contribution is 6.00. The standard InChI is InChI=1S/C29H32N4O3/c1-4-22-23-18-21(29(34)33-15-7-14-32(16-17-33)27-8-5-6-13-30-27)9-11-24(23)31-28(22)20-10-12-25(35-2)26(19-20)36-3/h5-6,8-13,18-19,31H,4,7,14-17H2,1-3H3. The Labute approximate surface area is 211 Å². The lowest BCUT2D eigenvalue weighted by Gasteiger charge is -2.23.